The fourth-order valence-electron chi connectivity index (χ4n) is 2.49. The molecule has 1 saturated heterocycles. The standard InChI is InChI=1S/C16H17F3N2OS/c17-16(18,19)8-11-3-5-12(6-4-11)20-9-13-10-23-15(21-13)14-2-1-7-22-14/h3-6,10,14,20H,1-2,7-9H2. The molecular weight excluding hydrogens is 325 g/mol. The third-order valence-electron chi connectivity index (χ3n) is 3.61. The Morgan fingerprint density at radius 2 is 2.04 bits per heavy atom. The highest BCUT2D eigenvalue weighted by atomic mass is 32.1. The molecule has 124 valence electrons. The van der Waals surface area contributed by atoms with E-state index < -0.39 is 12.6 Å². The second-order valence-electron chi connectivity index (χ2n) is 5.52. The van der Waals surface area contributed by atoms with Crippen molar-refractivity contribution in [3.8, 4) is 0 Å². The average molecular weight is 342 g/mol. The number of anilines is 1. The minimum absolute atomic E-state index is 0.121. The van der Waals surface area contributed by atoms with Crippen LogP contribution in [0.2, 0.25) is 0 Å². The Morgan fingerprint density at radius 1 is 1.26 bits per heavy atom. The monoisotopic (exact) mass is 342 g/mol. The number of alkyl halides is 3. The van der Waals surface area contributed by atoms with E-state index in [2.05, 4.69) is 10.3 Å². The van der Waals surface area contributed by atoms with Gasteiger partial charge < -0.3 is 10.1 Å². The molecule has 7 heteroatoms. The highest BCUT2D eigenvalue weighted by Crippen LogP contribution is 2.30. The lowest BCUT2D eigenvalue weighted by molar-refractivity contribution is -0.127. The SMILES string of the molecule is FC(F)(F)Cc1ccc(NCc2csc(C3CCCO3)n2)cc1. The number of benzene rings is 1. The summed E-state index contributed by atoms with van der Waals surface area (Å²) in [7, 11) is 0. The number of ether oxygens (including phenoxy) is 1. The smallest absolute Gasteiger partial charge is 0.379 e. The number of aromatic nitrogens is 1. The van der Waals surface area contributed by atoms with Gasteiger partial charge in [-0.2, -0.15) is 13.2 Å². The van der Waals surface area contributed by atoms with Gasteiger partial charge in [-0.1, -0.05) is 12.1 Å². The zero-order valence-corrected chi connectivity index (χ0v) is 13.2. The van der Waals surface area contributed by atoms with Gasteiger partial charge in [0.1, 0.15) is 11.1 Å². The van der Waals surface area contributed by atoms with Gasteiger partial charge in [-0.05, 0) is 30.5 Å². The number of nitrogens with one attached hydrogen (secondary N) is 1. The van der Waals surface area contributed by atoms with E-state index in [1.807, 2.05) is 5.38 Å². The first-order valence-electron chi connectivity index (χ1n) is 7.45. The van der Waals surface area contributed by atoms with Crippen molar-refractivity contribution in [2.75, 3.05) is 11.9 Å². The topological polar surface area (TPSA) is 34.1 Å². The highest BCUT2D eigenvalue weighted by Gasteiger charge is 2.27. The molecule has 1 unspecified atom stereocenters. The summed E-state index contributed by atoms with van der Waals surface area (Å²) in [6.07, 6.45) is -2.86. The summed E-state index contributed by atoms with van der Waals surface area (Å²) < 4.78 is 42.5. The normalized spacial score (nSPS) is 18.3. The summed E-state index contributed by atoms with van der Waals surface area (Å²) >= 11 is 1.59. The second-order valence-corrected chi connectivity index (χ2v) is 6.41. The number of rotatable bonds is 5. The van der Waals surface area contributed by atoms with Crippen LogP contribution in [-0.4, -0.2) is 17.8 Å². The Morgan fingerprint density at radius 3 is 2.70 bits per heavy atom. The Hall–Kier alpha value is -1.60. The first kappa shape index (κ1) is 16.3. The molecule has 3 nitrogen and oxygen atoms in total. The van der Waals surface area contributed by atoms with Crippen LogP contribution in [0.15, 0.2) is 29.6 Å². The summed E-state index contributed by atoms with van der Waals surface area (Å²) in [6.45, 7) is 1.34. The second kappa shape index (κ2) is 6.88. The quantitative estimate of drug-likeness (QED) is 0.854. The van der Waals surface area contributed by atoms with Gasteiger partial charge in [0.25, 0.3) is 0 Å². The summed E-state index contributed by atoms with van der Waals surface area (Å²) in [5.74, 6) is 0. The van der Waals surface area contributed by atoms with E-state index in [1.54, 1.807) is 23.5 Å². The van der Waals surface area contributed by atoms with Gasteiger partial charge in [0.15, 0.2) is 0 Å². The van der Waals surface area contributed by atoms with Crippen LogP contribution < -0.4 is 5.32 Å². The van der Waals surface area contributed by atoms with Gasteiger partial charge in [-0.3, -0.25) is 0 Å². The van der Waals surface area contributed by atoms with Crippen LogP contribution >= 0.6 is 11.3 Å². The van der Waals surface area contributed by atoms with Crippen molar-refractivity contribution in [3.05, 3.63) is 45.9 Å². The summed E-state index contributed by atoms with van der Waals surface area (Å²) in [5.41, 5.74) is 1.96. The highest BCUT2D eigenvalue weighted by molar-refractivity contribution is 7.09. The molecule has 1 N–H and O–H groups in total. The van der Waals surface area contributed by atoms with Crippen LogP contribution in [0.1, 0.15) is 35.2 Å². The molecule has 1 aliphatic heterocycles. The number of thiazole rings is 1. The summed E-state index contributed by atoms with van der Waals surface area (Å²) in [5, 5.41) is 6.16. The molecule has 1 fully saturated rings. The predicted octanol–water partition coefficient (Wildman–Crippen LogP) is 4.71. The maximum atomic E-state index is 12.3. The molecule has 0 radical (unpaired) electrons. The van der Waals surface area contributed by atoms with Crippen molar-refractivity contribution in [3.63, 3.8) is 0 Å². The molecule has 0 spiro atoms. The van der Waals surface area contributed by atoms with Crippen molar-refractivity contribution < 1.29 is 17.9 Å². The van der Waals surface area contributed by atoms with Gasteiger partial charge in [0, 0.05) is 17.7 Å². The lowest BCUT2D eigenvalue weighted by Gasteiger charge is -2.08. The third kappa shape index (κ3) is 4.68. The molecule has 1 aromatic carbocycles. The zero-order chi connectivity index (χ0) is 16.3. The lowest BCUT2D eigenvalue weighted by Crippen LogP contribution is -2.11. The molecule has 0 aliphatic carbocycles. The van der Waals surface area contributed by atoms with E-state index in [9.17, 15) is 13.2 Å². The molecule has 0 saturated carbocycles. The number of hydrogen-bond donors (Lipinski definition) is 1. The largest absolute Gasteiger partial charge is 0.393 e. The van der Waals surface area contributed by atoms with Crippen molar-refractivity contribution in [1.82, 2.24) is 4.98 Å². The Kier molecular flexibility index (Phi) is 4.87. The van der Waals surface area contributed by atoms with Gasteiger partial charge in [-0.25, -0.2) is 4.98 Å². The maximum Gasteiger partial charge on any atom is 0.393 e. The lowest BCUT2D eigenvalue weighted by atomic mass is 10.1. The number of nitrogens with zero attached hydrogens (tertiary/aromatic N) is 1. The van der Waals surface area contributed by atoms with Crippen LogP contribution in [0.3, 0.4) is 0 Å². The third-order valence-corrected chi connectivity index (χ3v) is 4.59. The molecule has 23 heavy (non-hydrogen) atoms. The van der Waals surface area contributed by atoms with E-state index in [0.717, 1.165) is 35.8 Å². The Bertz CT molecular complexity index is 634. The van der Waals surface area contributed by atoms with Gasteiger partial charge in [0.2, 0.25) is 0 Å². The van der Waals surface area contributed by atoms with Gasteiger partial charge in [-0.15, -0.1) is 11.3 Å². The van der Waals surface area contributed by atoms with Crippen molar-refractivity contribution in [1.29, 1.82) is 0 Å². The van der Waals surface area contributed by atoms with Gasteiger partial charge in [0.05, 0.1) is 18.7 Å². The molecule has 3 rings (SSSR count). The predicted molar refractivity (Wildman–Crippen MR) is 83.6 cm³/mol. The number of halogens is 3. The van der Waals surface area contributed by atoms with Crippen molar-refractivity contribution in [2.24, 2.45) is 0 Å². The minimum atomic E-state index is -4.17. The van der Waals surface area contributed by atoms with Gasteiger partial charge >= 0.3 is 6.18 Å². The van der Waals surface area contributed by atoms with Crippen molar-refractivity contribution in [2.45, 2.75) is 38.1 Å². The maximum absolute atomic E-state index is 12.3. The van der Waals surface area contributed by atoms with Crippen LogP contribution in [0.5, 0.6) is 0 Å². The average Bonchev–Trinajstić information content (AvgIpc) is 3.16. The van der Waals surface area contributed by atoms with Crippen molar-refractivity contribution >= 4 is 17.0 Å². The molecule has 0 amide bonds. The first-order valence-corrected chi connectivity index (χ1v) is 8.33. The summed E-state index contributed by atoms with van der Waals surface area (Å²) in [4.78, 5) is 4.56. The van der Waals surface area contributed by atoms with Crippen LogP contribution in [0.4, 0.5) is 18.9 Å². The van der Waals surface area contributed by atoms with Crippen LogP contribution in [-0.2, 0) is 17.7 Å². The molecule has 1 aromatic heterocycles. The van der Waals surface area contributed by atoms with E-state index in [1.165, 1.54) is 12.1 Å². The first-order chi connectivity index (χ1) is 11.0. The van der Waals surface area contributed by atoms with E-state index in [4.69, 9.17) is 4.74 Å². The molecule has 2 heterocycles. The van der Waals surface area contributed by atoms with E-state index in [-0.39, 0.29) is 11.7 Å². The van der Waals surface area contributed by atoms with E-state index >= 15 is 0 Å². The Balaban J connectivity index is 1.54. The molecule has 0 bridgehead atoms. The van der Waals surface area contributed by atoms with Crippen LogP contribution in [0.25, 0.3) is 0 Å². The molecule has 1 aliphatic rings. The van der Waals surface area contributed by atoms with E-state index in [0.29, 0.717) is 6.54 Å². The molecule has 2 aromatic rings. The minimum Gasteiger partial charge on any atom is -0.379 e. The summed E-state index contributed by atoms with van der Waals surface area (Å²) in [6, 6.07) is 6.31. The zero-order valence-electron chi connectivity index (χ0n) is 12.4. The molecular formula is C16H17F3N2OS. The number of hydrogen-bond acceptors (Lipinski definition) is 4. The van der Waals surface area contributed by atoms with Crippen LogP contribution in [0, 0.1) is 0 Å². The molecule has 1 atom stereocenters. The Labute approximate surface area is 136 Å². The fraction of sp³-hybridized carbons (Fsp3) is 0.438. The fourth-order valence-corrected chi connectivity index (χ4v) is 3.39.